The van der Waals surface area contributed by atoms with E-state index in [0.717, 1.165) is 25.4 Å². The molecule has 2 heterocycles. The average molecular weight is 422 g/mol. The quantitative estimate of drug-likeness (QED) is 0.641. The molecule has 2 saturated heterocycles. The van der Waals surface area contributed by atoms with Gasteiger partial charge in [0, 0.05) is 13.0 Å². The Morgan fingerprint density at radius 1 is 1.40 bits per heavy atom. The second-order valence-electron chi connectivity index (χ2n) is 8.34. The van der Waals surface area contributed by atoms with Crippen LogP contribution in [0.5, 0.6) is 5.75 Å². The Morgan fingerprint density at radius 3 is 2.87 bits per heavy atom. The van der Waals surface area contributed by atoms with E-state index < -0.39 is 18.0 Å². The number of rotatable bonds is 9. The molecule has 1 aromatic carbocycles. The van der Waals surface area contributed by atoms with E-state index in [2.05, 4.69) is 17.6 Å². The Kier molecular flexibility index (Phi) is 7.90. The van der Waals surface area contributed by atoms with E-state index in [1.54, 1.807) is 12.1 Å². The van der Waals surface area contributed by atoms with Crippen molar-refractivity contribution >= 4 is 17.7 Å². The molecule has 0 aromatic heterocycles. The lowest BCUT2D eigenvalue weighted by Gasteiger charge is -2.25. The van der Waals surface area contributed by atoms with Gasteiger partial charge in [0.2, 0.25) is 5.91 Å². The third kappa shape index (κ3) is 6.32. The van der Waals surface area contributed by atoms with Gasteiger partial charge < -0.3 is 20.1 Å². The predicted molar refractivity (Wildman–Crippen MR) is 112 cm³/mol. The van der Waals surface area contributed by atoms with Gasteiger partial charge in [0.15, 0.2) is 11.6 Å². The van der Waals surface area contributed by atoms with Crippen molar-refractivity contribution in [3.05, 3.63) is 24.0 Å². The SMILES string of the molecule is CC(=O)NC[C@H]1CN(c2ccc(OCCC(C)CC3CCNCC3)c(F)c2)C(=O)O1. The standard InChI is InChI=1S/C22H32FN3O4/c1-15(11-17-5-8-24-9-6-17)7-10-29-21-4-3-18(12-20(21)23)26-14-19(30-22(26)28)13-25-16(2)27/h3-4,12,15,17,19,24H,5-11,13-14H2,1-2H3,(H,25,27)/t15?,19-/m0/s1. The molecule has 2 N–H and O–H groups in total. The number of benzene rings is 1. The number of hydrogen-bond acceptors (Lipinski definition) is 5. The fourth-order valence-electron chi connectivity index (χ4n) is 4.05. The molecule has 0 bridgehead atoms. The van der Waals surface area contributed by atoms with Gasteiger partial charge in [-0.2, -0.15) is 0 Å². The zero-order valence-electron chi connectivity index (χ0n) is 17.8. The predicted octanol–water partition coefficient (Wildman–Crippen LogP) is 3.08. The maximum Gasteiger partial charge on any atom is 0.414 e. The number of cyclic esters (lactones) is 1. The second-order valence-corrected chi connectivity index (χ2v) is 8.34. The third-order valence-electron chi connectivity index (χ3n) is 5.74. The summed E-state index contributed by atoms with van der Waals surface area (Å²) >= 11 is 0. The number of hydrogen-bond donors (Lipinski definition) is 2. The van der Waals surface area contributed by atoms with Crippen molar-refractivity contribution in [2.75, 3.05) is 37.7 Å². The summed E-state index contributed by atoms with van der Waals surface area (Å²) in [4.78, 5) is 24.4. The maximum atomic E-state index is 14.5. The summed E-state index contributed by atoms with van der Waals surface area (Å²) in [6.07, 6.45) is 3.52. The first-order valence-corrected chi connectivity index (χ1v) is 10.8. The number of carbonyl (C=O) groups excluding carboxylic acids is 2. The highest BCUT2D eigenvalue weighted by Crippen LogP contribution is 2.28. The minimum absolute atomic E-state index is 0.190. The van der Waals surface area contributed by atoms with Gasteiger partial charge in [-0.25, -0.2) is 9.18 Å². The van der Waals surface area contributed by atoms with Crippen LogP contribution in [0.15, 0.2) is 18.2 Å². The summed E-state index contributed by atoms with van der Waals surface area (Å²) < 4.78 is 25.4. The Labute approximate surface area is 177 Å². The van der Waals surface area contributed by atoms with Gasteiger partial charge in [-0.05, 0) is 62.7 Å². The summed E-state index contributed by atoms with van der Waals surface area (Å²) in [6, 6.07) is 4.49. The van der Waals surface area contributed by atoms with E-state index in [9.17, 15) is 14.0 Å². The van der Waals surface area contributed by atoms with Crippen LogP contribution in [-0.4, -0.2) is 50.9 Å². The second kappa shape index (κ2) is 10.6. The molecule has 30 heavy (non-hydrogen) atoms. The van der Waals surface area contributed by atoms with E-state index >= 15 is 0 Å². The minimum Gasteiger partial charge on any atom is -0.491 e. The van der Waals surface area contributed by atoms with E-state index in [4.69, 9.17) is 9.47 Å². The lowest BCUT2D eigenvalue weighted by Crippen LogP contribution is -2.33. The van der Waals surface area contributed by atoms with Crippen LogP contribution in [0, 0.1) is 17.7 Å². The Hall–Kier alpha value is -2.35. The van der Waals surface area contributed by atoms with Gasteiger partial charge in [0.1, 0.15) is 6.10 Å². The van der Waals surface area contributed by atoms with Gasteiger partial charge in [-0.1, -0.05) is 6.92 Å². The molecule has 2 aliphatic heterocycles. The van der Waals surface area contributed by atoms with Crippen LogP contribution in [0.2, 0.25) is 0 Å². The van der Waals surface area contributed by atoms with Crippen molar-refractivity contribution < 1.29 is 23.5 Å². The minimum atomic E-state index is -0.551. The largest absolute Gasteiger partial charge is 0.491 e. The summed E-state index contributed by atoms with van der Waals surface area (Å²) in [5, 5.41) is 6.00. The van der Waals surface area contributed by atoms with Crippen LogP contribution in [0.25, 0.3) is 0 Å². The molecule has 2 fully saturated rings. The summed E-state index contributed by atoms with van der Waals surface area (Å²) in [5.74, 6) is 0.802. The highest BCUT2D eigenvalue weighted by atomic mass is 19.1. The number of ether oxygens (including phenoxy) is 2. The van der Waals surface area contributed by atoms with Gasteiger partial charge in [-0.15, -0.1) is 0 Å². The number of amides is 2. The van der Waals surface area contributed by atoms with Crippen LogP contribution in [0.3, 0.4) is 0 Å². The topological polar surface area (TPSA) is 79.9 Å². The van der Waals surface area contributed by atoms with Gasteiger partial charge in [0.25, 0.3) is 0 Å². The summed E-state index contributed by atoms with van der Waals surface area (Å²) in [6.45, 7) is 6.78. The number of piperidine rings is 1. The first kappa shape index (κ1) is 22.3. The molecule has 2 amide bonds. The molecule has 8 heteroatoms. The molecule has 1 aromatic rings. The van der Waals surface area contributed by atoms with E-state index in [1.807, 2.05) is 0 Å². The normalized spacial score (nSPS) is 20.7. The molecule has 166 valence electrons. The average Bonchev–Trinajstić information content (AvgIpc) is 3.09. The highest BCUT2D eigenvalue weighted by molar-refractivity contribution is 5.89. The Morgan fingerprint density at radius 2 is 2.17 bits per heavy atom. The first-order valence-electron chi connectivity index (χ1n) is 10.8. The van der Waals surface area contributed by atoms with Crippen molar-refractivity contribution in [1.29, 1.82) is 0 Å². The molecule has 2 atom stereocenters. The van der Waals surface area contributed by atoms with Crippen molar-refractivity contribution in [1.82, 2.24) is 10.6 Å². The molecular formula is C22H32FN3O4. The Bertz CT molecular complexity index is 739. The fraction of sp³-hybridized carbons (Fsp3) is 0.636. The number of nitrogens with one attached hydrogen (secondary N) is 2. The Balaban J connectivity index is 1.46. The molecule has 0 spiro atoms. The van der Waals surface area contributed by atoms with Crippen LogP contribution in [-0.2, 0) is 9.53 Å². The van der Waals surface area contributed by atoms with E-state index in [1.165, 1.54) is 37.2 Å². The monoisotopic (exact) mass is 421 g/mol. The highest BCUT2D eigenvalue weighted by Gasteiger charge is 2.32. The molecule has 2 aliphatic rings. The molecule has 3 rings (SSSR count). The number of anilines is 1. The lowest BCUT2D eigenvalue weighted by molar-refractivity contribution is -0.119. The van der Waals surface area contributed by atoms with Crippen LogP contribution in [0.1, 0.15) is 39.5 Å². The molecule has 1 unspecified atom stereocenters. The van der Waals surface area contributed by atoms with Gasteiger partial charge >= 0.3 is 6.09 Å². The van der Waals surface area contributed by atoms with Crippen molar-refractivity contribution in [2.24, 2.45) is 11.8 Å². The maximum absolute atomic E-state index is 14.5. The van der Waals surface area contributed by atoms with Gasteiger partial charge in [-0.3, -0.25) is 9.69 Å². The summed E-state index contributed by atoms with van der Waals surface area (Å²) in [5.41, 5.74) is 0.412. The van der Waals surface area contributed by atoms with Crippen molar-refractivity contribution in [2.45, 2.75) is 45.6 Å². The number of halogens is 1. The van der Waals surface area contributed by atoms with Crippen LogP contribution >= 0.6 is 0 Å². The molecule has 0 aliphatic carbocycles. The van der Waals surface area contributed by atoms with Crippen LogP contribution in [0.4, 0.5) is 14.9 Å². The smallest absolute Gasteiger partial charge is 0.414 e. The number of nitrogens with zero attached hydrogens (tertiary/aromatic N) is 1. The first-order chi connectivity index (χ1) is 14.4. The summed E-state index contributed by atoms with van der Waals surface area (Å²) in [7, 11) is 0. The molecule has 0 saturated carbocycles. The molecular weight excluding hydrogens is 389 g/mol. The van der Waals surface area contributed by atoms with E-state index in [0.29, 0.717) is 18.2 Å². The van der Waals surface area contributed by atoms with E-state index in [-0.39, 0.29) is 24.7 Å². The van der Waals surface area contributed by atoms with Crippen molar-refractivity contribution in [3.8, 4) is 5.75 Å². The van der Waals surface area contributed by atoms with Gasteiger partial charge in [0.05, 0.1) is 25.4 Å². The molecule has 0 radical (unpaired) electrons. The lowest BCUT2D eigenvalue weighted by atomic mass is 9.87. The zero-order valence-corrected chi connectivity index (χ0v) is 17.8. The zero-order chi connectivity index (χ0) is 21.5. The molecule has 7 nitrogen and oxygen atoms in total. The van der Waals surface area contributed by atoms with Crippen LogP contribution < -0.4 is 20.3 Å². The number of carbonyl (C=O) groups is 2. The fourth-order valence-corrected chi connectivity index (χ4v) is 4.05. The third-order valence-corrected chi connectivity index (χ3v) is 5.74. The van der Waals surface area contributed by atoms with Crippen molar-refractivity contribution in [3.63, 3.8) is 0 Å².